The number of morpholine rings is 1. The van der Waals surface area contributed by atoms with Crippen molar-refractivity contribution in [3.05, 3.63) is 30.1 Å². The van der Waals surface area contributed by atoms with Crippen LogP contribution in [0.1, 0.15) is 32.0 Å². The number of benzene rings is 1. The van der Waals surface area contributed by atoms with E-state index in [1.807, 2.05) is 9.80 Å². The molecule has 2 fully saturated rings. The van der Waals surface area contributed by atoms with Gasteiger partial charge in [-0.15, -0.1) is 0 Å². The number of piperidine rings is 1. The SMILES string of the molecule is C[C@@H](NC(=O)C1CCN(c2nc(N3CCOCC3)nc(-n3c(C(F)F)nc4ccccc43)n2)CC1)C(N)=O. The number of nitrogens with one attached hydrogen (secondary N) is 1. The monoisotopic (exact) mass is 529 g/mol. The van der Waals surface area contributed by atoms with Gasteiger partial charge in [-0.2, -0.15) is 15.0 Å². The third kappa shape index (κ3) is 5.21. The maximum atomic E-state index is 14.1. The third-order valence-corrected chi connectivity index (χ3v) is 6.81. The number of fused-ring (bicyclic) bond motifs is 1. The van der Waals surface area contributed by atoms with Gasteiger partial charge >= 0.3 is 0 Å². The van der Waals surface area contributed by atoms with E-state index in [-0.39, 0.29) is 17.8 Å². The molecule has 38 heavy (non-hydrogen) atoms. The average Bonchev–Trinajstić information content (AvgIpc) is 3.33. The summed E-state index contributed by atoms with van der Waals surface area (Å²) in [5.74, 6) is -0.825. The van der Waals surface area contributed by atoms with E-state index in [2.05, 4.69) is 25.3 Å². The molecular weight excluding hydrogens is 500 g/mol. The lowest BCUT2D eigenvalue weighted by Crippen LogP contribution is -2.47. The van der Waals surface area contributed by atoms with Gasteiger partial charge in [0, 0.05) is 32.1 Å². The topological polar surface area (TPSA) is 144 Å². The van der Waals surface area contributed by atoms with Gasteiger partial charge in [-0.3, -0.25) is 14.2 Å². The first-order valence-corrected chi connectivity index (χ1v) is 12.5. The van der Waals surface area contributed by atoms with Crippen LogP contribution in [0.3, 0.4) is 0 Å². The van der Waals surface area contributed by atoms with E-state index < -0.39 is 24.2 Å². The molecule has 14 heteroatoms. The summed E-state index contributed by atoms with van der Waals surface area (Å²) in [5, 5.41) is 2.64. The van der Waals surface area contributed by atoms with Crippen molar-refractivity contribution < 1.29 is 23.1 Å². The highest BCUT2D eigenvalue weighted by Crippen LogP contribution is 2.29. The number of para-hydroxylation sites is 2. The summed E-state index contributed by atoms with van der Waals surface area (Å²) >= 11 is 0. The van der Waals surface area contributed by atoms with Gasteiger partial charge in [0.2, 0.25) is 29.7 Å². The molecule has 0 unspecified atom stereocenters. The number of anilines is 2. The normalized spacial score (nSPS) is 17.7. The van der Waals surface area contributed by atoms with E-state index in [1.54, 1.807) is 31.2 Å². The maximum absolute atomic E-state index is 14.1. The number of hydrogen-bond donors (Lipinski definition) is 2. The molecule has 0 saturated carbocycles. The van der Waals surface area contributed by atoms with Crippen LogP contribution in [-0.4, -0.2) is 81.8 Å². The molecule has 2 aliphatic heterocycles. The second kappa shape index (κ2) is 10.8. The molecule has 0 bridgehead atoms. The minimum Gasteiger partial charge on any atom is -0.378 e. The number of hydrogen-bond acceptors (Lipinski definition) is 9. The molecule has 3 aromatic rings. The third-order valence-electron chi connectivity index (χ3n) is 6.81. The van der Waals surface area contributed by atoms with Crippen LogP contribution in [0.25, 0.3) is 17.0 Å². The Morgan fingerprint density at radius 2 is 1.58 bits per heavy atom. The molecule has 12 nitrogen and oxygen atoms in total. The summed E-state index contributed by atoms with van der Waals surface area (Å²) in [6, 6.07) is 6.09. The molecule has 0 spiro atoms. The van der Waals surface area contributed by atoms with Gasteiger partial charge in [0.15, 0.2) is 5.82 Å². The number of carbonyl (C=O) groups excluding carboxylic acids is 2. The maximum Gasteiger partial charge on any atom is 0.296 e. The predicted octanol–water partition coefficient (Wildman–Crippen LogP) is 1.19. The number of nitrogens with two attached hydrogens (primary N) is 1. The minimum absolute atomic E-state index is 0.0515. The highest BCUT2D eigenvalue weighted by Gasteiger charge is 2.30. The van der Waals surface area contributed by atoms with Crippen molar-refractivity contribution in [2.75, 3.05) is 49.2 Å². The number of primary amides is 1. The van der Waals surface area contributed by atoms with Crippen molar-refractivity contribution in [3.8, 4) is 5.95 Å². The molecule has 2 saturated heterocycles. The van der Waals surface area contributed by atoms with Gasteiger partial charge in [-0.1, -0.05) is 12.1 Å². The van der Waals surface area contributed by atoms with Crippen molar-refractivity contribution >= 4 is 34.7 Å². The van der Waals surface area contributed by atoms with E-state index >= 15 is 0 Å². The Bertz CT molecular complexity index is 1320. The Hall–Kier alpha value is -3.94. The lowest BCUT2D eigenvalue weighted by atomic mass is 9.96. The molecule has 1 atom stereocenters. The number of aromatic nitrogens is 5. The molecule has 2 aromatic heterocycles. The zero-order valence-electron chi connectivity index (χ0n) is 20.9. The van der Waals surface area contributed by atoms with Crippen molar-refractivity contribution in [3.63, 3.8) is 0 Å². The molecule has 2 amide bonds. The Labute approximate surface area is 217 Å². The van der Waals surface area contributed by atoms with Gasteiger partial charge in [0.05, 0.1) is 24.2 Å². The fourth-order valence-corrected chi connectivity index (χ4v) is 4.63. The van der Waals surface area contributed by atoms with Crippen LogP contribution in [0.5, 0.6) is 0 Å². The molecule has 3 N–H and O–H groups in total. The van der Waals surface area contributed by atoms with Crippen LogP contribution in [0.15, 0.2) is 24.3 Å². The van der Waals surface area contributed by atoms with E-state index in [9.17, 15) is 18.4 Å². The molecule has 1 aromatic carbocycles. The second-order valence-corrected chi connectivity index (χ2v) is 9.32. The van der Waals surface area contributed by atoms with Crippen molar-refractivity contribution in [2.45, 2.75) is 32.2 Å². The van der Waals surface area contributed by atoms with Crippen LogP contribution in [0.4, 0.5) is 20.7 Å². The van der Waals surface area contributed by atoms with Crippen LogP contribution in [0, 0.1) is 5.92 Å². The average molecular weight is 530 g/mol. The largest absolute Gasteiger partial charge is 0.378 e. The highest BCUT2D eigenvalue weighted by molar-refractivity contribution is 5.87. The Kier molecular flexibility index (Phi) is 7.31. The smallest absolute Gasteiger partial charge is 0.296 e. The predicted molar refractivity (Wildman–Crippen MR) is 134 cm³/mol. The van der Waals surface area contributed by atoms with Crippen LogP contribution >= 0.6 is 0 Å². The summed E-state index contributed by atoms with van der Waals surface area (Å²) in [6.45, 7) is 4.56. The zero-order chi connectivity index (χ0) is 26.8. The summed E-state index contributed by atoms with van der Waals surface area (Å²) in [7, 11) is 0. The molecular formula is C24H29F2N9O3. The first-order valence-electron chi connectivity index (χ1n) is 12.5. The molecule has 202 valence electrons. The number of halogens is 2. The first kappa shape index (κ1) is 25.7. The number of carbonyl (C=O) groups is 2. The van der Waals surface area contributed by atoms with Crippen molar-refractivity contribution in [1.29, 1.82) is 0 Å². The Morgan fingerprint density at radius 3 is 2.21 bits per heavy atom. The Balaban J connectivity index is 1.47. The number of imidazole rings is 1. The number of alkyl halides is 2. The summed E-state index contributed by atoms with van der Waals surface area (Å²) in [4.78, 5) is 45.7. The van der Waals surface area contributed by atoms with Gasteiger partial charge in [0.25, 0.3) is 6.43 Å². The number of nitrogens with zero attached hydrogens (tertiary/aromatic N) is 7. The van der Waals surface area contributed by atoms with Gasteiger partial charge < -0.3 is 25.6 Å². The van der Waals surface area contributed by atoms with Gasteiger partial charge in [0.1, 0.15) is 6.04 Å². The minimum atomic E-state index is -2.84. The molecule has 4 heterocycles. The van der Waals surface area contributed by atoms with Gasteiger partial charge in [-0.05, 0) is 31.9 Å². The van der Waals surface area contributed by atoms with Crippen LogP contribution in [-0.2, 0) is 14.3 Å². The summed E-state index contributed by atoms with van der Waals surface area (Å²) in [6.07, 6.45) is -1.84. The number of amides is 2. The summed E-state index contributed by atoms with van der Waals surface area (Å²) < 4.78 is 34.9. The standard InChI is InChI=1S/C24H29F2N9O3/c1-14(19(27)36)28-21(37)15-6-8-33(9-7-15)22-30-23(34-10-12-38-13-11-34)32-24(31-22)35-17-5-3-2-4-16(17)29-20(35)18(25)26/h2-5,14-15,18H,6-13H2,1H3,(H2,27,36)(H,28,37)/t14-/m1/s1. The lowest BCUT2D eigenvalue weighted by molar-refractivity contribution is -0.130. The quantitative estimate of drug-likeness (QED) is 0.461. The number of rotatable bonds is 7. The molecule has 0 aliphatic carbocycles. The van der Waals surface area contributed by atoms with E-state index in [0.717, 1.165) is 0 Å². The Morgan fingerprint density at radius 1 is 0.974 bits per heavy atom. The first-order chi connectivity index (χ1) is 18.3. The van der Waals surface area contributed by atoms with Crippen molar-refractivity contribution in [1.82, 2.24) is 29.8 Å². The van der Waals surface area contributed by atoms with E-state index in [0.29, 0.717) is 75.2 Å². The second-order valence-electron chi connectivity index (χ2n) is 9.32. The fourth-order valence-electron chi connectivity index (χ4n) is 4.63. The lowest BCUT2D eigenvalue weighted by Gasteiger charge is -2.33. The highest BCUT2D eigenvalue weighted by atomic mass is 19.3. The fraction of sp³-hybridized carbons (Fsp3) is 0.500. The van der Waals surface area contributed by atoms with Crippen molar-refractivity contribution in [2.24, 2.45) is 11.7 Å². The molecule has 5 rings (SSSR count). The summed E-state index contributed by atoms with van der Waals surface area (Å²) in [5.41, 5.74) is 6.13. The van der Waals surface area contributed by atoms with E-state index in [4.69, 9.17) is 10.5 Å². The molecule has 0 radical (unpaired) electrons. The van der Waals surface area contributed by atoms with Gasteiger partial charge in [-0.25, -0.2) is 13.8 Å². The molecule has 2 aliphatic rings. The van der Waals surface area contributed by atoms with Crippen LogP contribution in [0.2, 0.25) is 0 Å². The number of ether oxygens (including phenoxy) is 1. The zero-order valence-corrected chi connectivity index (χ0v) is 20.9. The van der Waals surface area contributed by atoms with E-state index in [1.165, 1.54) is 4.57 Å². The van der Waals surface area contributed by atoms with Crippen LogP contribution < -0.4 is 20.9 Å².